The van der Waals surface area contributed by atoms with E-state index in [9.17, 15) is 5.11 Å². The molecule has 0 radical (unpaired) electrons. The van der Waals surface area contributed by atoms with Crippen molar-refractivity contribution < 1.29 is 9.84 Å². The smallest absolute Gasteiger partial charge is 0.320 e. The van der Waals surface area contributed by atoms with Crippen molar-refractivity contribution >= 4 is 17.9 Å². The molecule has 1 atom stereocenters. The molecule has 1 fully saturated rings. The Kier molecular flexibility index (Phi) is 8.61. The number of ether oxygens (including phenoxy) is 1. The van der Waals surface area contributed by atoms with Crippen molar-refractivity contribution in [2.45, 2.75) is 58.2 Å². The summed E-state index contributed by atoms with van der Waals surface area (Å²) in [4.78, 5) is 11.0. The number of benzene rings is 1. The third-order valence-electron chi connectivity index (χ3n) is 5.46. The molecule has 5 N–H and O–H groups in total. The molecule has 1 aliphatic rings. The number of anilines is 2. The lowest BCUT2D eigenvalue weighted by Crippen LogP contribution is -2.18. The Morgan fingerprint density at radius 3 is 2.77 bits per heavy atom. The maximum Gasteiger partial charge on any atom is 0.320 e. The van der Waals surface area contributed by atoms with Crippen LogP contribution in [0.1, 0.15) is 55.7 Å². The van der Waals surface area contributed by atoms with Crippen LogP contribution < -0.4 is 15.8 Å². The van der Waals surface area contributed by atoms with Crippen LogP contribution in [0.25, 0.3) is 0 Å². The second-order valence-corrected chi connectivity index (χ2v) is 8.03. The van der Waals surface area contributed by atoms with Crippen molar-refractivity contribution in [3.8, 4) is 6.01 Å². The van der Waals surface area contributed by atoms with Gasteiger partial charge in [-0.3, -0.25) is 4.90 Å². The number of hydrogen-bond donors (Lipinski definition) is 4. The first kappa shape index (κ1) is 23.0. The molecule has 0 amide bonds. The molecular formula is C23H34N6O2. The van der Waals surface area contributed by atoms with Gasteiger partial charge in [-0.15, -0.1) is 0 Å². The Bertz CT molecular complexity index is 854. The van der Waals surface area contributed by atoms with Crippen molar-refractivity contribution in [3.63, 3.8) is 0 Å². The highest BCUT2D eigenvalue weighted by molar-refractivity contribution is 5.90. The third kappa shape index (κ3) is 6.90. The van der Waals surface area contributed by atoms with Crippen LogP contribution in [0.3, 0.4) is 0 Å². The number of aromatic nitrogens is 2. The summed E-state index contributed by atoms with van der Waals surface area (Å²) in [6.45, 7) is 6.21. The van der Waals surface area contributed by atoms with Gasteiger partial charge in [0.25, 0.3) is 0 Å². The Balaban J connectivity index is 1.63. The number of nitrogens with two attached hydrogens (primary N) is 1. The van der Waals surface area contributed by atoms with E-state index in [0.717, 1.165) is 31.2 Å². The first-order chi connectivity index (χ1) is 15.1. The fourth-order valence-corrected chi connectivity index (χ4v) is 3.79. The van der Waals surface area contributed by atoms with E-state index in [2.05, 4.69) is 44.5 Å². The normalized spacial score (nSPS) is 15.0. The highest BCUT2D eigenvalue weighted by Crippen LogP contribution is 2.21. The minimum atomic E-state index is -0.395. The van der Waals surface area contributed by atoms with Crippen LogP contribution >= 0.6 is 0 Å². The maximum atomic E-state index is 9.85. The monoisotopic (exact) mass is 426 g/mol. The molecule has 2 heterocycles. The van der Waals surface area contributed by atoms with Crippen molar-refractivity contribution in [1.82, 2.24) is 14.9 Å². The zero-order chi connectivity index (χ0) is 22.1. The van der Waals surface area contributed by atoms with Crippen LogP contribution in [0.4, 0.5) is 11.6 Å². The fourth-order valence-electron chi connectivity index (χ4n) is 3.79. The Hall–Kier alpha value is -2.71. The maximum absolute atomic E-state index is 9.85. The van der Waals surface area contributed by atoms with Gasteiger partial charge in [-0.1, -0.05) is 37.6 Å². The van der Waals surface area contributed by atoms with Crippen molar-refractivity contribution in [2.24, 2.45) is 0 Å². The van der Waals surface area contributed by atoms with Gasteiger partial charge in [0.1, 0.15) is 11.6 Å². The van der Waals surface area contributed by atoms with Gasteiger partial charge in [-0.2, -0.15) is 9.97 Å². The van der Waals surface area contributed by atoms with Crippen LogP contribution in [0.2, 0.25) is 0 Å². The quantitative estimate of drug-likeness (QED) is 0.385. The second-order valence-electron chi connectivity index (χ2n) is 8.03. The number of likely N-dealkylation sites (tertiary alicyclic amines) is 1. The summed E-state index contributed by atoms with van der Waals surface area (Å²) in [7, 11) is 0. The van der Waals surface area contributed by atoms with Crippen molar-refractivity contribution in [1.29, 1.82) is 5.41 Å². The number of aliphatic hydroxyl groups is 1. The number of aliphatic hydroxyl groups excluding tert-OH is 1. The zero-order valence-electron chi connectivity index (χ0n) is 18.3. The molecule has 1 aromatic heterocycles. The van der Waals surface area contributed by atoms with Crippen LogP contribution in [0.15, 0.2) is 24.3 Å². The zero-order valence-corrected chi connectivity index (χ0v) is 18.3. The minimum absolute atomic E-state index is 0.150. The van der Waals surface area contributed by atoms with Crippen molar-refractivity contribution in [3.05, 3.63) is 41.0 Å². The average Bonchev–Trinajstić information content (AvgIpc) is 3.25. The summed E-state index contributed by atoms with van der Waals surface area (Å²) in [5.41, 5.74) is 8.89. The van der Waals surface area contributed by atoms with E-state index in [1.54, 1.807) is 0 Å². The molecule has 0 saturated carbocycles. The van der Waals surface area contributed by atoms with E-state index in [-0.39, 0.29) is 11.8 Å². The van der Waals surface area contributed by atoms with Crippen LogP contribution in [-0.2, 0) is 13.1 Å². The summed E-state index contributed by atoms with van der Waals surface area (Å²) < 4.78 is 5.61. The summed E-state index contributed by atoms with van der Waals surface area (Å²) in [6.07, 6.45) is 5.49. The standard InChI is InChI=1S/C23H34N6O2/c1-2-6-19(30)9-12-31-23-27-21(25)20(14-24)22(28-23)26-15-17-7-5-8-18(13-17)16-29-10-3-4-11-29/h5,7-8,13-14,19,24,30H,2-4,6,9-12,15-16H2,1H3,(H3,25,26,27,28). The molecule has 1 saturated heterocycles. The summed E-state index contributed by atoms with van der Waals surface area (Å²) in [5, 5.41) is 20.8. The molecule has 0 bridgehead atoms. The van der Waals surface area contributed by atoms with Gasteiger partial charge >= 0.3 is 6.01 Å². The molecule has 8 heteroatoms. The molecule has 0 aliphatic carbocycles. The number of rotatable bonds is 12. The van der Waals surface area contributed by atoms with Gasteiger partial charge in [-0.05, 0) is 43.5 Å². The van der Waals surface area contributed by atoms with E-state index in [1.807, 2.05) is 6.92 Å². The predicted octanol–water partition coefficient (Wildman–Crippen LogP) is 3.19. The van der Waals surface area contributed by atoms with Crippen LogP contribution in [0.5, 0.6) is 6.01 Å². The molecule has 0 spiro atoms. The fraction of sp³-hybridized carbons (Fsp3) is 0.522. The van der Waals surface area contributed by atoms with E-state index in [1.165, 1.54) is 31.5 Å². The highest BCUT2D eigenvalue weighted by Gasteiger charge is 2.14. The van der Waals surface area contributed by atoms with E-state index in [0.29, 0.717) is 31.0 Å². The summed E-state index contributed by atoms with van der Waals surface area (Å²) in [6, 6.07) is 8.66. The van der Waals surface area contributed by atoms with Gasteiger partial charge in [0, 0.05) is 25.7 Å². The molecule has 1 aromatic carbocycles. The Morgan fingerprint density at radius 1 is 1.26 bits per heavy atom. The lowest BCUT2D eigenvalue weighted by molar-refractivity contribution is 0.127. The topological polar surface area (TPSA) is 120 Å². The third-order valence-corrected chi connectivity index (χ3v) is 5.46. The predicted molar refractivity (Wildman–Crippen MR) is 124 cm³/mol. The molecule has 168 valence electrons. The number of nitrogen functional groups attached to an aromatic ring is 1. The van der Waals surface area contributed by atoms with E-state index >= 15 is 0 Å². The van der Waals surface area contributed by atoms with E-state index < -0.39 is 6.10 Å². The molecule has 3 rings (SSSR count). The number of nitrogens with zero attached hydrogens (tertiary/aromatic N) is 3. The largest absolute Gasteiger partial charge is 0.463 e. The molecular weight excluding hydrogens is 392 g/mol. The lowest BCUT2D eigenvalue weighted by Gasteiger charge is -2.16. The van der Waals surface area contributed by atoms with Gasteiger partial charge in [0.05, 0.1) is 18.3 Å². The first-order valence-corrected chi connectivity index (χ1v) is 11.1. The van der Waals surface area contributed by atoms with Crippen molar-refractivity contribution in [2.75, 3.05) is 30.7 Å². The SMILES string of the molecule is CCCC(O)CCOc1nc(N)c(C=N)c(NCc2cccc(CN3CCCC3)c2)n1. The molecule has 8 nitrogen and oxygen atoms in total. The Labute approximate surface area is 184 Å². The van der Waals surface area contributed by atoms with Gasteiger partial charge in [0.15, 0.2) is 0 Å². The molecule has 31 heavy (non-hydrogen) atoms. The summed E-state index contributed by atoms with van der Waals surface area (Å²) >= 11 is 0. The van der Waals surface area contributed by atoms with E-state index in [4.69, 9.17) is 15.9 Å². The first-order valence-electron chi connectivity index (χ1n) is 11.1. The summed E-state index contributed by atoms with van der Waals surface area (Å²) in [5.74, 6) is 0.663. The average molecular weight is 427 g/mol. The second kappa shape index (κ2) is 11.6. The number of nitrogens with one attached hydrogen (secondary N) is 2. The van der Waals surface area contributed by atoms with Gasteiger partial charge < -0.3 is 26.3 Å². The molecule has 2 aromatic rings. The molecule has 1 aliphatic heterocycles. The highest BCUT2D eigenvalue weighted by atomic mass is 16.5. The minimum Gasteiger partial charge on any atom is -0.463 e. The number of hydrogen-bond acceptors (Lipinski definition) is 8. The molecule has 1 unspecified atom stereocenters. The lowest BCUT2D eigenvalue weighted by atomic mass is 10.1. The van der Waals surface area contributed by atoms with Gasteiger partial charge in [-0.25, -0.2) is 0 Å². The van der Waals surface area contributed by atoms with Crippen LogP contribution in [0, 0.1) is 5.41 Å². The van der Waals surface area contributed by atoms with Crippen LogP contribution in [-0.4, -0.2) is 52.0 Å². The Morgan fingerprint density at radius 2 is 2.03 bits per heavy atom. The van der Waals surface area contributed by atoms with Gasteiger partial charge in [0.2, 0.25) is 0 Å².